The van der Waals surface area contributed by atoms with E-state index >= 15 is 0 Å². The van der Waals surface area contributed by atoms with Crippen LogP contribution in [0.3, 0.4) is 0 Å². The van der Waals surface area contributed by atoms with Crippen LogP contribution in [0.1, 0.15) is 39.8 Å². The summed E-state index contributed by atoms with van der Waals surface area (Å²) in [6.07, 6.45) is 3.88. The van der Waals surface area contributed by atoms with E-state index in [1.165, 1.54) is 0 Å². The summed E-state index contributed by atoms with van der Waals surface area (Å²) in [6.45, 7) is 2.35. The molecular formula is C21H20N4O2. The number of hydrogen-bond acceptors (Lipinski definition) is 3. The molecule has 1 atom stereocenters. The van der Waals surface area contributed by atoms with Gasteiger partial charge in [0.15, 0.2) is 0 Å². The maximum absolute atomic E-state index is 12.5. The molecule has 6 nitrogen and oxygen atoms in total. The van der Waals surface area contributed by atoms with Crippen LogP contribution in [-0.2, 0) is 11.3 Å². The minimum atomic E-state index is -0.278. The van der Waals surface area contributed by atoms with E-state index in [1.807, 2.05) is 60.2 Å². The third-order valence-corrected chi connectivity index (χ3v) is 4.83. The number of hydrogen-bond donors (Lipinski definition) is 2. The number of carbonyl (C=O) groups excluding carboxylic acids is 2. The van der Waals surface area contributed by atoms with Crippen molar-refractivity contribution in [3.8, 4) is 5.69 Å². The average Bonchev–Trinajstić information content (AvgIpc) is 3.24. The van der Waals surface area contributed by atoms with Crippen LogP contribution in [0.4, 0.5) is 0 Å². The van der Waals surface area contributed by atoms with E-state index in [2.05, 4.69) is 15.6 Å². The lowest BCUT2D eigenvalue weighted by atomic mass is 10.0. The van der Waals surface area contributed by atoms with Crippen molar-refractivity contribution in [2.45, 2.75) is 25.9 Å². The van der Waals surface area contributed by atoms with Crippen molar-refractivity contribution < 1.29 is 9.59 Å². The molecule has 2 N–H and O–H groups in total. The molecule has 2 heterocycles. The van der Waals surface area contributed by atoms with Crippen LogP contribution in [0, 0.1) is 6.92 Å². The normalized spacial score (nSPS) is 15.3. The molecule has 2 aromatic carbocycles. The molecule has 0 unspecified atom stereocenters. The number of para-hydroxylation sites is 1. The van der Waals surface area contributed by atoms with E-state index < -0.39 is 0 Å². The van der Waals surface area contributed by atoms with E-state index in [0.717, 1.165) is 22.6 Å². The van der Waals surface area contributed by atoms with Gasteiger partial charge in [0.2, 0.25) is 5.91 Å². The fourth-order valence-corrected chi connectivity index (χ4v) is 3.46. The predicted molar refractivity (Wildman–Crippen MR) is 101 cm³/mol. The van der Waals surface area contributed by atoms with Crippen molar-refractivity contribution in [3.05, 3.63) is 83.4 Å². The van der Waals surface area contributed by atoms with Crippen molar-refractivity contribution in [3.63, 3.8) is 0 Å². The summed E-state index contributed by atoms with van der Waals surface area (Å²) in [5.74, 6) is 0.664. The predicted octanol–water partition coefficient (Wildman–Crippen LogP) is 2.67. The third-order valence-electron chi connectivity index (χ3n) is 4.83. The minimum absolute atomic E-state index is 0.103. The summed E-state index contributed by atoms with van der Waals surface area (Å²) in [6, 6.07) is 15.0. The Morgan fingerprint density at radius 3 is 2.78 bits per heavy atom. The number of carbonyl (C=O) groups is 2. The van der Waals surface area contributed by atoms with Crippen molar-refractivity contribution in [2.75, 3.05) is 0 Å². The lowest BCUT2D eigenvalue weighted by molar-refractivity contribution is -0.121. The van der Waals surface area contributed by atoms with Gasteiger partial charge in [0, 0.05) is 24.5 Å². The van der Waals surface area contributed by atoms with Gasteiger partial charge in [0.05, 0.1) is 18.2 Å². The highest BCUT2D eigenvalue weighted by Crippen LogP contribution is 2.27. The van der Waals surface area contributed by atoms with Crippen molar-refractivity contribution in [1.82, 2.24) is 20.2 Å². The first-order valence-electron chi connectivity index (χ1n) is 8.88. The molecule has 27 heavy (non-hydrogen) atoms. The highest BCUT2D eigenvalue weighted by atomic mass is 16.2. The summed E-state index contributed by atoms with van der Waals surface area (Å²) < 4.78 is 1.99. The molecule has 1 aromatic heterocycles. The number of nitrogens with zero attached hydrogens (tertiary/aromatic N) is 2. The number of aromatic nitrogens is 2. The molecule has 4 rings (SSSR count). The van der Waals surface area contributed by atoms with Crippen LogP contribution >= 0.6 is 0 Å². The van der Waals surface area contributed by atoms with Gasteiger partial charge in [-0.3, -0.25) is 9.59 Å². The Hall–Kier alpha value is -3.41. The molecule has 1 aliphatic heterocycles. The van der Waals surface area contributed by atoms with E-state index in [0.29, 0.717) is 12.1 Å². The number of imidazole rings is 1. The average molecular weight is 360 g/mol. The van der Waals surface area contributed by atoms with Crippen molar-refractivity contribution in [2.24, 2.45) is 0 Å². The lowest BCUT2D eigenvalue weighted by Crippen LogP contribution is -2.29. The Labute approximate surface area is 157 Å². The number of nitrogens with one attached hydrogen (secondary N) is 2. The zero-order valence-corrected chi connectivity index (χ0v) is 15.0. The Morgan fingerprint density at radius 1 is 1.19 bits per heavy atom. The van der Waals surface area contributed by atoms with Crippen LogP contribution in [-0.4, -0.2) is 21.4 Å². The van der Waals surface area contributed by atoms with E-state index in [9.17, 15) is 9.59 Å². The summed E-state index contributed by atoms with van der Waals surface area (Å²) in [5, 5.41) is 5.85. The Bertz CT molecular complexity index is 1010. The molecule has 136 valence electrons. The van der Waals surface area contributed by atoms with Gasteiger partial charge in [-0.2, -0.15) is 0 Å². The summed E-state index contributed by atoms with van der Waals surface area (Å²) in [4.78, 5) is 28.7. The van der Waals surface area contributed by atoms with Gasteiger partial charge in [0.1, 0.15) is 5.82 Å². The van der Waals surface area contributed by atoms with Gasteiger partial charge in [-0.15, -0.1) is 0 Å². The number of rotatable bonds is 5. The van der Waals surface area contributed by atoms with Crippen molar-refractivity contribution >= 4 is 11.8 Å². The second-order valence-electron chi connectivity index (χ2n) is 6.57. The molecule has 0 spiro atoms. The van der Waals surface area contributed by atoms with E-state index in [1.54, 1.807) is 12.3 Å². The fourth-order valence-electron chi connectivity index (χ4n) is 3.46. The van der Waals surface area contributed by atoms with Crippen LogP contribution in [0.25, 0.3) is 5.69 Å². The molecule has 0 radical (unpaired) electrons. The van der Waals surface area contributed by atoms with Gasteiger partial charge < -0.3 is 15.2 Å². The molecular weight excluding hydrogens is 340 g/mol. The van der Waals surface area contributed by atoms with Crippen LogP contribution in [0.2, 0.25) is 0 Å². The largest absolute Gasteiger partial charge is 0.352 e. The van der Waals surface area contributed by atoms with E-state index in [-0.39, 0.29) is 24.3 Å². The molecule has 0 bridgehead atoms. The molecule has 2 amide bonds. The second-order valence-corrected chi connectivity index (χ2v) is 6.57. The molecule has 0 fully saturated rings. The maximum Gasteiger partial charge on any atom is 0.252 e. The summed E-state index contributed by atoms with van der Waals surface area (Å²) in [7, 11) is 0. The topological polar surface area (TPSA) is 76.0 Å². The highest BCUT2D eigenvalue weighted by molar-refractivity contribution is 5.99. The molecule has 0 saturated carbocycles. The van der Waals surface area contributed by atoms with E-state index in [4.69, 9.17) is 0 Å². The van der Waals surface area contributed by atoms with Crippen LogP contribution in [0.15, 0.2) is 60.9 Å². The number of benzene rings is 2. The molecule has 1 aliphatic rings. The molecule has 3 aromatic rings. The highest BCUT2D eigenvalue weighted by Gasteiger charge is 2.29. The Balaban J connectivity index is 1.44. The zero-order chi connectivity index (χ0) is 18.8. The molecule has 0 saturated heterocycles. The fraction of sp³-hybridized carbons (Fsp3) is 0.190. The van der Waals surface area contributed by atoms with Gasteiger partial charge >= 0.3 is 0 Å². The van der Waals surface area contributed by atoms with Gasteiger partial charge in [-0.05, 0) is 30.2 Å². The number of amides is 2. The quantitative estimate of drug-likeness (QED) is 0.734. The third kappa shape index (κ3) is 3.33. The van der Waals surface area contributed by atoms with Crippen molar-refractivity contribution in [1.29, 1.82) is 0 Å². The standard InChI is InChI=1S/C21H20N4O2/c1-14-22-10-11-25(14)19-9-5-2-6-15(19)13-23-20(26)12-18-16-7-3-4-8-17(16)21(27)24-18/h2-11,18H,12-13H2,1H3,(H,23,26)(H,24,27)/t18-/m0/s1. The van der Waals surface area contributed by atoms with Crippen LogP contribution < -0.4 is 10.6 Å². The first-order chi connectivity index (χ1) is 13.1. The maximum atomic E-state index is 12.5. The molecule has 6 heteroatoms. The smallest absolute Gasteiger partial charge is 0.252 e. The summed E-state index contributed by atoms with van der Waals surface area (Å²) in [5.41, 5.74) is 3.53. The van der Waals surface area contributed by atoms with Gasteiger partial charge in [-0.1, -0.05) is 36.4 Å². The minimum Gasteiger partial charge on any atom is -0.352 e. The molecule has 0 aliphatic carbocycles. The summed E-state index contributed by atoms with van der Waals surface area (Å²) >= 11 is 0. The number of fused-ring (bicyclic) bond motifs is 1. The van der Waals surface area contributed by atoms with Gasteiger partial charge in [-0.25, -0.2) is 4.98 Å². The number of aryl methyl sites for hydroxylation is 1. The lowest BCUT2D eigenvalue weighted by Gasteiger charge is -2.14. The zero-order valence-electron chi connectivity index (χ0n) is 15.0. The van der Waals surface area contributed by atoms with Gasteiger partial charge in [0.25, 0.3) is 5.91 Å². The SMILES string of the molecule is Cc1nccn1-c1ccccc1CNC(=O)C[C@@H]1NC(=O)c2ccccc21. The Kier molecular flexibility index (Phi) is 4.46. The second kappa shape index (κ2) is 7.07. The first kappa shape index (κ1) is 17.0. The first-order valence-corrected chi connectivity index (χ1v) is 8.88. The Morgan fingerprint density at radius 2 is 1.96 bits per heavy atom. The van der Waals surface area contributed by atoms with Crippen LogP contribution in [0.5, 0.6) is 0 Å². The monoisotopic (exact) mass is 360 g/mol.